The molecule has 0 bridgehead atoms. The Hall–Kier alpha value is -1.69. The van der Waals surface area contributed by atoms with Crippen LogP contribution in [-0.2, 0) is 4.74 Å². The van der Waals surface area contributed by atoms with Crippen molar-refractivity contribution < 1.29 is 18.8 Å². The molecule has 0 aromatic heterocycles. The lowest BCUT2D eigenvalue weighted by atomic mass is 9.93. The van der Waals surface area contributed by atoms with Crippen molar-refractivity contribution in [1.82, 2.24) is 0 Å². The maximum Gasteiger partial charge on any atom is 0.311 e. The fourth-order valence-electron chi connectivity index (χ4n) is 2.26. The van der Waals surface area contributed by atoms with E-state index < -0.39 is 22.4 Å². The molecule has 2 unspecified atom stereocenters. The second-order valence-electron chi connectivity index (χ2n) is 4.75. The Morgan fingerprint density at radius 2 is 2.18 bits per heavy atom. The average molecular weight is 239 g/mol. The first-order chi connectivity index (χ1) is 7.92. The Kier molecular flexibility index (Phi) is 1.82. The molecular formula is C11H10FNO4. The van der Waals surface area contributed by atoms with E-state index in [2.05, 4.69) is 0 Å². The monoisotopic (exact) mass is 239 g/mol. The van der Waals surface area contributed by atoms with E-state index >= 15 is 0 Å². The largest absolute Gasteiger partial charge is 0.478 e. The van der Waals surface area contributed by atoms with Crippen LogP contribution >= 0.6 is 0 Å². The van der Waals surface area contributed by atoms with Gasteiger partial charge in [-0.05, 0) is 19.9 Å². The molecule has 17 heavy (non-hydrogen) atoms. The molecule has 0 N–H and O–H groups in total. The standard InChI is InChI=1S/C11H10FNO4/c1-11(2)10-9(16-10)7-5(12)3-4-6(13(14)15)8(7)17-11/h3-4,9-10H,1-2H3. The van der Waals surface area contributed by atoms with Gasteiger partial charge in [-0.25, -0.2) is 4.39 Å². The van der Waals surface area contributed by atoms with Gasteiger partial charge in [0.2, 0.25) is 5.75 Å². The van der Waals surface area contributed by atoms with E-state index in [1.807, 2.05) is 0 Å². The van der Waals surface area contributed by atoms with E-state index in [1.165, 1.54) is 0 Å². The third-order valence-electron chi connectivity index (χ3n) is 3.15. The second-order valence-corrected chi connectivity index (χ2v) is 4.75. The molecule has 2 aliphatic heterocycles. The summed E-state index contributed by atoms with van der Waals surface area (Å²) in [5, 5.41) is 10.9. The molecule has 5 nitrogen and oxygen atoms in total. The van der Waals surface area contributed by atoms with Crippen LogP contribution in [0.15, 0.2) is 12.1 Å². The zero-order chi connectivity index (χ0) is 12.4. The quantitative estimate of drug-likeness (QED) is 0.428. The molecule has 1 saturated heterocycles. The van der Waals surface area contributed by atoms with Gasteiger partial charge >= 0.3 is 5.69 Å². The van der Waals surface area contributed by atoms with Gasteiger partial charge in [0.05, 0.1) is 10.5 Å². The molecule has 0 spiro atoms. The maximum absolute atomic E-state index is 13.7. The van der Waals surface area contributed by atoms with Gasteiger partial charge < -0.3 is 9.47 Å². The zero-order valence-corrected chi connectivity index (χ0v) is 9.27. The first-order valence-electron chi connectivity index (χ1n) is 5.23. The fraction of sp³-hybridized carbons (Fsp3) is 0.455. The molecule has 3 rings (SSSR count). The van der Waals surface area contributed by atoms with E-state index in [-0.39, 0.29) is 23.1 Å². The highest BCUT2D eigenvalue weighted by molar-refractivity contribution is 5.56. The number of hydrogen-bond donors (Lipinski definition) is 0. The Morgan fingerprint density at radius 1 is 1.47 bits per heavy atom. The number of hydrogen-bond acceptors (Lipinski definition) is 4. The van der Waals surface area contributed by atoms with Gasteiger partial charge in [-0.2, -0.15) is 0 Å². The fourth-order valence-corrected chi connectivity index (χ4v) is 2.26. The lowest BCUT2D eigenvalue weighted by Crippen LogP contribution is -2.38. The minimum atomic E-state index is -0.670. The van der Waals surface area contributed by atoms with Crippen LogP contribution in [-0.4, -0.2) is 16.6 Å². The Morgan fingerprint density at radius 3 is 2.82 bits per heavy atom. The first kappa shape index (κ1) is 10.5. The summed E-state index contributed by atoms with van der Waals surface area (Å²) in [7, 11) is 0. The highest BCUT2D eigenvalue weighted by Crippen LogP contribution is 2.56. The predicted molar refractivity (Wildman–Crippen MR) is 55.4 cm³/mol. The highest BCUT2D eigenvalue weighted by atomic mass is 19.1. The summed E-state index contributed by atoms with van der Waals surface area (Å²) in [6.07, 6.45) is -0.653. The van der Waals surface area contributed by atoms with Crippen molar-refractivity contribution in [2.24, 2.45) is 0 Å². The number of halogens is 1. The number of epoxide rings is 1. The molecule has 0 radical (unpaired) electrons. The first-order valence-corrected chi connectivity index (χ1v) is 5.23. The topological polar surface area (TPSA) is 64.9 Å². The number of nitrogens with zero attached hydrogens (tertiary/aromatic N) is 1. The molecule has 0 saturated carbocycles. The molecule has 1 fully saturated rings. The minimum Gasteiger partial charge on any atom is -0.478 e. The predicted octanol–water partition coefficient (Wildman–Crippen LogP) is 2.34. The lowest BCUT2D eigenvalue weighted by molar-refractivity contribution is -0.386. The normalized spacial score (nSPS) is 27.7. The summed E-state index contributed by atoms with van der Waals surface area (Å²) in [6.45, 7) is 3.55. The van der Waals surface area contributed by atoms with Crippen LogP contribution in [0.5, 0.6) is 5.75 Å². The van der Waals surface area contributed by atoms with Gasteiger partial charge in [-0.15, -0.1) is 0 Å². The number of rotatable bonds is 1. The van der Waals surface area contributed by atoms with Crippen molar-refractivity contribution >= 4 is 5.69 Å². The average Bonchev–Trinajstić information content (AvgIpc) is 2.96. The molecular weight excluding hydrogens is 229 g/mol. The summed E-state index contributed by atoms with van der Waals surface area (Å²) in [4.78, 5) is 10.3. The van der Waals surface area contributed by atoms with Crippen molar-refractivity contribution in [1.29, 1.82) is 0 Å². The molecule has 0 aliphatic carbocycles. The van der Waals surface area contributed by atoms with E-state index in [4.69, 9.17) is 9.47 Å². The van der Waals surface area contributed by atoms with Crippen LogP contribution < -0.4 is 4.74 Å². The van der Waals surface area contributed by atoms with Crippen molar-refractivity contribution in [3.05, 3.63) is 33.6 Å². The smallest absolute Gasteiger partial charge is 0.311 e. The third-order valence-corrected chi connectivity index (χ3v) is 3.15. The molecule has 2 atom stereocenters. The second kappa shape index (κ2) is 2.95. The van der Waals surface area contributed by atoms with Gasteiger partial charge in [0.15, 0.2) is 0 Å². The summed E-state index contributed by atoms with van der Waals surface area (Å²) in [5.74, 6) is -0.521. The Balaban J connectivity index is 2.22. The van der Waals surface area contributed by atoms with Crippen molar-refractivity contribution in [2.75, 3.05) is 0 Å². The number of ether oxygens (including phenoxy) is 2. The molecule has 6 heteroatoms. The van der Waals surface area contributed by atoms with Gasteiger partial charge in [-0.1, -0.05) is 0 Å². The van der Waals surface area contributed by atoms with Crippen LogP contribution in [0.3, 0.4) is 0 Å². The molecule has 1 aromatic carbocycles. The van der Waals surface area contributed by atoms with E-state index in [9.17, 15) is 14.5 Å². The molecule has 2 aliphatic rings. The van der Waals surface area contributed by atoms with E-state index in [0.29, 0.717) is 0 Å². The molecule has 0 amide bonds. The third kappa shape index (κ3) is 1.33. The minimum absolute atomic E-state index is 0.00116. The van der Waals surface area contributed by atoms with Gasteiger partial charge in [0.1, 0.15) is 23.6 Å². The van der Waals surface area contributed by atoms with E-state index in [0.717, 1.165) is 12.1 Å². The van der Waals surface area contributed by atoms with Crippen molar-refractivity contribution in [3.8, 4) is 5.75 Å². The summed E-state index contributed by atoms with van der Waals surface area (Å²) < 4.78 is 24.5. The van der Waals surface area contributed by atoms with Crippen LogP contribution in [0.4, 0.5) is 10.1 Å². The lowest BCUT2D eigenvalue weighted by Gasteiger charge is -2.29. The zero-order valence-electron chi connectivity index (χ0n) is 9.27. The number of fused-ring (bicyclic) bond motifs is 3. The van der Waals surface area contributed by atoms with Crippen molar-refractivity contribution in [3.63, 3.8) is 0 Å². The summed E-state index contributed by atoms with van der Waals surface area (Å²) >= 11 is 0. The number of nitro benzene ring substituents is 1. The van der Waals surface area contributed by atoms with E-state index in [1.54, 1.807) is 13.8 Å². The number of nitro groups is 1. The summed E-state index contributed by atoms with van der Waals surface area (Å²) in [5.41, 5.74) is -0.720. The molecule has 1 aromatic rings. The van der Waals surface area contributed by atoms with Crippen molar-refractivity contribution in [2.45, 2.75) is 31.7 Å². The van der Waals surface area contributed by atoms with Crippen LogP contribution in [0.25, 0.3) is 0 Å². The maximum atomic E-state index is 13.7. The SMILES string of the molecule is CC1(C)Oc2c([N+](=O)[O-])ccc(F)c2C2OC21. The number of benzene rings is 1. The van der Waals surface area contributed by atoms with Crippen LogP contribution in [0, 0.1) is 15.9 Å². The highest BCUT2D eigenvalue weighted by Gasteiger charge is 2.59. The van der Waals surface area contributed by atoms with Crippen LogP contribution in [0.1, 0.15) is 25.5 Å². The van der Waals surface area contributed by atoms with Gasteiger partial charge in [0.25, 0.3) is 0 Å². The Bertz CT molecular complexity index is 528. The van der Waals surface area contributed by atoms with Gasteiger partial charge in [-0.3, -0.25) is 10.1 Å². The molecule has 90 valence electrons. The summed E-state index contributed by atoms with van der Waals surface area (Å²) in [6, 6.07) is 2.20. The molecule has 2 heterocycles. The Labute approximate surface area is 96.3 Å². The van der Waals surface area contributed by atoms with Gasteiger partial charge in [0, 0.05) is 6.07 Å². The van der Waals surface area contributed by atoms with Crippen LogP contribution in [0.2, 0.25) is 0 Å².